The Kier molecular flexibility index (Phi) is 11.7. The van der Waals surface area contributed by atoms with Crippen LogP contribution in [0.5, 0.6) is 0 Å². The Balaban J connectivity index is 0.988. The highest BCUT2D eigenvalue weighted by molar-refractivity contribution is 5.74. The van der Waals surface area contributed by atoms with Crippen LogP contribution in [0.1, 0.15) is 62.9 Å². The number of carbonyl (C=O) groups is 2. The Labute approximate surface area is 382 Å². The van der Waals surface area contributed by atoms with Crippen LogP contribution in [0.2, 0.25) is 0 Å². The van der Waals surface area contributed by atoms with Crippen LogP contribution >= 0.6 is 0 Å². The number of imidazole rings is 1. The van der Waals surface area contributed by atoms with Crippen molar-refractivity contribution in [2.75, 3.05) is 54.9 Å². The van der Waals surface area contributed by atoms with Crippen molar-refractivity contribution >= 4 is 52.4 Å². The zero-order chi connectivity index (χ0) is 47.5. The van der Waals surface area contributed by atoms with Gasteiger partial charge < -0.3 is 45.1 Å². The molecule has 0 spiro atoms. The van der Waals surface area contributed by atoms with Crippen LogP contribution in [0, 0.1) is 0 Å². The summed E-state index contributed by atoms with van der Waals surface area (Å²) < 4.78 is 100. The van der Waals surface area contributed by atoms with Gasteiger partial charge in [-0.05, 0) is 33.6 Å². The third kappa shape index (κ3) is 9.23. The fourth-order valence-corrected chi connectivity index (χ4v) is 8.33. The van der Waals surface area contributed by atoms with E-state index in [0.717, 1.165) is 44.7 Å². The fraction of sp³-hybridized carbons (Fsp3) is 0.512. The number of amides is 2. The van der Waals surface area contributed by atoms with Crippen molar-refractivity contribution in [2.45, 2.75) is 94.5 Å². The Morgan fingerprint density at radius 2 is 1.68 bits per heavy atom. The maximum atomic E-state index is 16.3. The normalized spacial score (nSPS) is 23.6. The molecule has 10 rings (SSSR count). The lowest BCUT2D eigenvalue weighted by atomic mass is 10.1. The lowest BCUT2D eigenvalue weighted by Crippen LogP contribution is -2.43. The third-order valence-corrected chi connectivity index (χ3v) is 12.0. The second kappa shape index (κ2) is 17.7. The number of piperazine rings is 1. The molecule has 6 atom stereocenters. The molecule has 3 saturated heterocycles. The topological polar surface area (TPSA) is 243 Å². The average molecular weight is 956 g/mol. The molecule has 362 valence electrons. The van der Waals surface area contributed by atoms with Crippen molar-refractivity contribution in [3.63, 3.8) is 0 Å². The minimum atomic E-state index is -4.64. The van der Waals surface area contributed by atoms with Gasteiger partial charge in [-0.15, -0.1) is 14.3 Å². The lowest BCUT2D eigenvalue weighted by Gasteiger charge is -2.29. The number of halogens is 5. The summed E-state index contributed by atoms with van der Waals surface area (Å²) in [4.78, 5) is 40.9. The van der Waals surface area contributed by atoms with E-state index in [1.54, 1.807) is 42.9 Å². The Bertz CT molecular complexity index is 2820. The number of hydrogen-bond acceptors (Lipinski definition) is 15. The predicted octanol–water partition coefficient (Wildman–Crippen LogP) is 4.07. The fourth-order valence-electron chi connectivity index (χ4n) is 8.33. The maximum absolute atomic E-state index is 16.3. The summed E-state index contributed by atoms with van der Waals surface area (Å²) in [5, 5.41) is 29.2. The highest BCUT2D eigenvalue weighted by Crippen LogP contribution is 2.38. The monoisotopic (exact) mass is 955 g/mol. The molecule has 1 saturated carbocycles. The van der Waals surface area contributed by atoms with E-state index in [4.69, 9.17) is 23.9 Å². The highest BCUT2D eigenvalue weighted by Gasteiger charge is 2.46. The van der Waals surface area contributed by atoms with Crippen LogP contribution in [0.25, 0.3) is 17.0 Å². The molecule has 68 heavy (non-hydrogen) atoms. The number of anilines is 5. The van der Waals surface area contributed by atoms with E-state index in [9.17, 15) is 22.8 Å². The highest BCUT2D eigenvalue weighted by atomic mass is 19.4. The van der Waals surface area contributed by atoms with Crippen LogP contribution < -0.4 is 36.2 Å². The van der Waals surface area contributed by atoms with Crippen molar-refractivity contribution < 1.29 is 55.2 Å². The summed E-state index contributed by atoms with van der Waals surface area (Å²) in [6.07, 6.45) is -8.22. The molecule has 2 amide bonds. The number of alkyl halides is 5. The van der Waals surface area contributed by atoms with E-state index in [-0.39, 0.29) is 71.1 Å². The Morgan fingerprint density at radius 1 is 0.956 bits per heavy atom. The van der Waals surface area contributed by atoms with E-state index in [2.05, 4.69) is 61.8 Å². The number of aromatic nitrogens is 10. The molecule has 0 radical (unpaired) electrons. The van der Waals surface area contributed by atoms with Crippen LogP contribution in [-0.2, 0) is 25.4 Å². The zero-order valence-electron chi connectivity index (χ0n) is 36.8. The largest absolute Gasteiger partial charge is 0.441 e. The third-order valence-electron chi connectivity index (χ3n) is 12.0. The first-order chi connectivity index (χ1) is 32.6. The molecule has 6 aromatic rings. The lowest BCUT2D eigenvalue weighted by molar-refractivity contribution is -0.646. The minimum absolute atomic E-state index is 0.0110. The molecule has 6 aromatic heterocycles. The van der Waals surface area contributed by atoms with Crippen molar-refractivity contribution in [3.05, 3.63) is 60.1 Å². The number of nitrogens with zero attached hydrogens (tertiary/aromatic N) is 9. The number of hydrogen-bond donors (Lipinski definition) is 7. The van der Waals surface area contributed by atoms with Gasteiger partial charge in [-0.2, -0.15) is 18.3 Å². The Morgan fingerprint density at radius 3 is 2.38 bits per heavy atom. The van der Waals surface area contributed by atoms with Gasteiger partial charge in [0.05, 0.1) is 48.6 Å². The van der Waals surface area contributed by atoms with Gasteiger partial charge >= 0.3 is 18.4 Å². The molecule has 9 heterocycles. The van der Waals surface area contributed by atoms with Gasteiger partial charge in [-0.3, -0.25) is 9.50 Å². The molecule has 27 heteroatoms. The van der Waals surface area contributed by atoms with Gasteiger partial charge in [0.25, 0.3) is 17.6 Å². The van der Waals surface area contributed by atoms with Gasteiger partial charge in [0.15, 0.2) is 47.4 Å². The molecular formula is C41H48F5N16O6+. The van der Waals surface area contributed by atoms with Gasteiger partial charge in [-0.1, -0.05) is 0 Å². The molecule has 7 N–H and O–H groups in total. The summed E-state index contributed by atoms with van der Waals surface area (Å²) in [7, 11) is 0. The number of carbonyl (C=O) groups excluding carboxylic acids is 2. The van der Waals surface area contributed by atoms with Crippen molar-refractivity contribution in [3.8, 4) is 5.82 Å². The first-order valence-electron chi connectivity index (χ1n) is 22.0. The molecule has 1 aliphatic carbocycles. The van der Waals surface area contributed by atoms with E-state index in [1.807, 2.05) is 6.92 Å². The second-order valence-electron chi connectivity index (χ2n) is 17.7. The second-order valence-corrected chi connectivity index (χ2v) is 17.7. The standard InChI is InChI=1S/C41H47F5N16O6/c1-20(2)51-38(63)67-26-18-65-33(31(26)42)22-13-28(56-55-22)52-35-24-12-21(15-41(44,45)46)57-61(24)30(17-49-35)62-29(53-37-50-16-25(36-48-8-11-60(36)37)59-9-6-47-7-10-59)14-23(58-62)34-32(43)27(19-66-34)68-39(64)54-40(3)4-5-40/h8,11-14,16-17,20,26-27,31-34,47H,4-7,9-10,15,18-19H2,1-3H3,(H5,48,49,50,51,52,53,54,55,56,57,58,63,64)/p+1/t26-,27+,31-,32-,33-,34+/m0/s1. The zero-order valence-corrected chi connectivity index (χ0v) is 36.8. The van der Waals surface area contributed by atoms with Crippen molar-refractivity contribution in [1.82, 2.24) is 60.2 Å². The molecule has 4 aliphatic rings. The van der Waals surface area contributed by atoms with E-state index in [1.165, 1.54) is 27.5 Å². The number of alkyl carbamates (subject to hydrolysis) is 2. The number of aromatic amines is 2. The van der Waals surface area contributed by atoms with Crippen molar-refractivity contribution in [2.24, 2.45) is 0 Å². The van der Waals surface area contributed by atoms with Gasteiger partial charge in [0.1, 0.15) is 18.4 Å². The predicted molar refractivity (Wildman–Crippen MR) is 229 cm³/mol. The van der Waals surface area contributed by atoms with E-state index < -0.39 is 67.1 Å². The molecule has 0 bridgehead atoms. The number of nitrogens with one attached hydrogen (secondary N) is 7. The SMILES string of the molecule is CC(C)NC(=O)O[C@H]1CO[C@@H](c2cc(Nc3ncc(-[n+]4[nH]c([C@H]5OC[C@@H](OC(=O)NC6(C)CC6)[C@@H]5F)cc4Nc4ncc(N5CCNCC5)c5nccn45)n4nc(CC(F)(F)F)cc34)n[nH]2)[C@H]1F. The average Bonchev–Trinajstić information content (AvgIpc) is 4.01. The van der Waals surface area contributed by atoms with Crippen LogP contribution in [0.15, 0.2) is 43.0 Å². The summed E-state index contributed by atoms with van der Waals surface area (Å²) in [5.41, 5.74) is 1.04. The van der Waals surface area contributed by atoms with E-state index in [0.29, 0.717) is 5.65 Å². The van der Waals surface area contributed by atoms with Crippen LogP contribution in [0.3, 0.4) is 0 Å². The number of fused-ring (bicyclic) bond motifs is 2. The quantitative estimate of drug-likeness (QED) is 0.0638. The molecular weight excluding hydrogens is 908 g/mol. The first kappa shape index (κ1) is 44.9. The summed E-state index contributed by atoms with van der Waals surface area (Å²) in [5.74, 6) is 0.642. The molecule has 22 nitrogen and oxygen atoms in total. The number of H-pyrrole nitrogens is 2. The van der Waals surface area contributed by atoms with E-state index >= 15 is 8.78 Å². The Hall–Kier alpha value is -6.87. The molecule has 0 unspecified atom stereocenters. The number of ether oxygens (including phenoxy) is 4. The number of rotatable bonds is 13. The van der Waals surface area contributed by atoms with Crippen LogP contribution in [0.4, 0.5) is 60.6 Å². The molecule has 3 aliphatic heterocycles. The van der Waals surface area contributed by atoms with Gasteiger partial charge in [0, 0.05) is 68.4 Å². The minimum Gasteiger partial charge on any atom is -0.441 e. The smallest absolute Gasteiger partial charge is 0.408 e. The summed E-state index contributed by atoms with van der Waals surface area (Å²) >= 11 is 0. The van der Waals surface area contributed by atoms with Crippen molar-refractivity contribution in [1.29, 1.82) is 0 Å². The van der Waals surface area contributed by atoms with Gasteiger partial charge in [-0.25, -0.2) is 43.7 Å². The summed E-state index contributed by atoms with van der Waals surface area (Å²) in [6.45, 7) is 7.85. The molecule has 0 aromatic carbocycles. The summed E-state index contributed by atoms with van der Waals surface area (Å²) in [6, 6.07) is 3.95. The maximum Gasteiger partial charge on any atom is 0.408 e. The molecule has 4 fully saturated rings. The van der Waals surface area contributed by atoms with Crippen LogP contribution in [-0.4, -0.2) is 138 Å². The first-order valence-corrected chi connectivity index (χ1v) is 22.0. The van der Waals surface area contributed by atoms with Gasteiger partial charge in [0.2, 0.25) is 0 Å².